The predicted octanol–water partition coefficient (Wildman–Crippen LogP) is 0.927. The smallest absolute Gasteiger partial charge is 0.318 e. The molecular weight excluding hydrogens is 192 g/mol. The molecule has 0 radical (unpaired) electrons. The van der Waals surface area contributed by atoms with Gasteiger partial charge in [-0.3, -0.25) is 10.1 Å². The van der Waals surface area contributed by atoms with E-state index < -0.39 is 6.03 Å². The lowest BCUT2D eigenvalue weighted by Crippen LogP contribution is -2.53. The van der Waals surface area contributed by atoms with Gasteiger partial charge in [-0.15, -0.1) is 0 Å². The van der Waals surface area contributed by atoms with Crippen molar-refractivity contribution in [3.8, 4) is 0 Å². The monoisotopic (exact) mass is 202 g/mol. The van der Waals surface area contributed by atoms with Gasteiger partial charge in [0.2, 0.25) is 5.91 Å². The molecule has 1 aliphatic rings. The average molecular weight is 203 g/mol. The number of carbonyl (C=O) groups excluding carboxylic acids is 2. The molecule has 0 aliphatic carbocycles. The van der Waals surface area contributed by atoms with E-state index in [1.807, 2.05) is 0 Å². The van der Waals surface area contributed by atoms with Crippen LogP contribution < -0.4 is 5.32 Å². The molecule has 13 heavy (non-hydrogen) atoms. The second-order valence-electron chi connectivity index (χ2n) is 3.09. The van der Waals surface area contributed by atoms with Gasteiger partial charge in [0, 0.05) is 11.6 Å². The Bertz CT molecular complexity index is 265. The summed E-state index contributed by atoms with van der Waals surface area (Å²) in [6.07, 6.45) is 0. The third kappa shape index (κ3) is 2.45. The van der Waals surface area contributed by atoms with Crippen LogP contribution in [0.2, 0.25) is 0 Å². The van der Waals surface area contributed by atoms with Gasteiger partial charge >= 0.3 is 6.03 Å². The molecule has 72 valence electrons. The molecule has 0 saturated carbocycles. The third-order valence-electron chi connectivity index (χ3n) is 1.82. The maximum absolute atomic E-state index is 11.2. The van der Waals surface area contributed by atoms with Crippen LogP contribution in [0.3, 0.4) is 0 Å². The largest absolute Gasteiger partial charge is 0.324 e. The Morgan fingerprint density at radius 2 is 2.38 bits per heavy atom. The second-order valence-corrected chi connectivity index (χ2v) is 3.63. The van der Waals surface area contributed by atoms with Crippen molar-refractivity contribution < 1.29 is 9.59 Å². The minimum atomic E-state index is -0.398. The lowest BCUT2D eigenvalue weighted by Gasteiger charge is -2.29. The summed E-state index contributed by atoms with van der Waals surface area (Å²) in [4.78, 5) is 23.7. The van der Waals surface area contributed by atoms with E-state index in [-0.39, 0.29) is 18.4 Å². The molecule has 1 atom stereocenters. The summed E-state index contributed by atoms with van der Waals surface area (Å²) < 4.78 is 0. The molecule has 1 aliphatic heterocycles. The maximum atomic E-state index is 11.2. The zero-order chi connectivity index (χ0) is 10.0. The van der Waals surface area contributed by atoms with Crippen LogP contribution in [0.5, 0.6) is 0 Å². The summed E-state index contributed by atoms with van der Waals surface area (Å²) in [7, 11) is 0. The highest BCUT2D eigenvalue weighted by molar-refractivity contribution is 6.29. The Morgan fingerprint density at radius 3 is 2.92 bits per heavy atom. The molecule has 1 saturated heterocycles. The van der Waals surface area contributed by atoms with Crippen molar-refractivity contribution in [3.63, 3.8) is 0 Å². The first kappa shape index (κ1) is 10.1. The molecule has 0 aromatic carbocycles. The summed E-state index contributed by atoms with van der Waals surface area (Å²) in [5, 5.41) is 2.62. The van der Waals surface area contributed by atoms with E-state index in [4.69, 9.17) is 11.6 Å². The molecule has 1 unspecified atom stereocenters. The highest BCUT2D eigenvalue weighted by Crippen LogP contribution is 2.10. The Balaban J connectivity index is 2.61. The van der Waals surface area contributed by atoms with Crippen LogP contribution in [0.15, 0.2) is 11.6 Å². The summed E-state index contributed by atoms with van der Waals surface area (Å²) in [5.74, 6) is -0.421. The molecule has 3 amide bonds. The van der Waals surface area contributed by atoms with Crippen molar-refractivity contribution in [3.05, 3.63) is 11.6 Å². The molecule has 1 fully saturated rings. The topological polar surface area (TPSA) is 49.4 Å². The van der Waals surface area contributed by atoms with E-state index in [0.29, 0.717) is 11.6 Å². The third-order valence-corrected chi connectivity index (χ3v) is 1.94. The quantitative estimate of drug-likeness (QED) is 0.724. The zero-order valence-corrected chi connectivity index (χ0v) is 8.10. The zero-order valence-electron chi connectivity index (χ0n) is 7.34. The number of urea groups is 1. The van der Waals surface area contributed by atoms with Gasteiger partial charge in [-0.2, -0.15) is 0 Å². The normalized spacial score (nSPS) is 22.9. The van der Waals surface area contributed by atoms with Crippen molar-refractivity contribution in [2.75, 3.05) is 13.1 Å². The van der Waals surface area contributed by atoms with Crippen molar-refractivity contribution in [2.45, 2.75) is 6.92 Å². The summed E-state index contributed by atoms with van der Waals surface area (Å²) >= 11 is 5.56. The highest BCUT2D eigenvalue weighted by Gasteiger charge is 2.28. The Kier molecular flexibility index (Phi) is 2.93. The van der Waals surface area contributed by atoms with Crippen LogP contribution >= 0.6 is 11.6 Å². The summed E-state index contributed by atoms with van der Waals surface area (Å²) in [6, 6.07) is -0.398. The summed E-state index contributed by atoms with van der Waals surface area (Å²) in [6.45, 7) is 5.92. The van der Waals surface area contributed by atoms with Crippen molar-refractivity contribution >= 4 is 23.5 Å². The minimum Gasteiger partial charge on any atom is -0.318 e. The maximum Gasteiger partial charge on any atom is 0.324 e. The van der Waals surface area contributed by atoms with Crippen molar-refractivity contribution in [2.24, 2.45) is 5.92 Å². The van der Waals surface area contributed by atoms with Gasteiger partial charge < -0.3 is 4.90 Å². The van der Waals surface area contributed by atoms with E-state index in [2.05, 4.69) is 11.9 Å². The first-order valence-electron chi connectivity index (χ1n) is 3.93. The fourth-order valence-electron chi connectivity index (χ4n) is 1.15. The molecule has 1 N–H and O–H groups in total. The number of nitrogens with one attached hydrogen (secondary N) is 1. The van der Waals surface area contributed by atoms with Gasteiger partial charge in [-0.1, -0.05) is 25.1 Å². The van der Waals surface area contributed by atoms with Gasteiger partial charge in [-0.05, 0) is 0 Å². The molecule has 1 rings (SSSR count). The molecule has 0 aromatic heterocycles. The van der Waals surface area contributed by atoms with Crippen LogP contribution in [0.25, 0.3) is 0 Å². The van der Waals surface area contributed by atoms with E-state index in [1.54, 1.807) is 6.92 Å². The van der Waals surface area contributed by atoms with Crippen molar-refractivity contribution in [1.29, 1.82) is 0 Å². The van der Waals surface area contributed by atoms with Gasteiger partial charge in [0.1, 0.15) is 0 Å². The lowest BCUT2D eigenvalue weighted by atomic mass is 10.1. The molecule has 5 heteroatoms. The van der Waals surface area contributed by atoms with Gasteiger partial charge in [0.05, 0.1) is 12.5 Å². The van der Waals surface area contributed by atoms with Crippen LogP contribution in [-0.4, -0.2) is 29.9 Å². The van der Waals surface area contributed by atoms with Gasteiger partial charge in [0.15, 0.2) is 0 Å². The second kappa shape index (κ2) is 3.79. The summed E-state index contributed by atoms with van der Waals surface area (Å²) in [5.41, 5.74) is 0. The van der Waals surface area contributed by atoms with Crippen LogP contribution in [0.4, 0.5) is 4.79 Å². The number of hydrogen-bond acceptors (Lipinski definition) is 2. The molecular formula is C8H11ClN2O2. The minimum absolute atomic E-state index is 0.186. The van der Waals surface area contributed by atoms with E-state index in [9.17, 15) is 9.59 Å². The number of rotatable bonds is 2. The standard InChI is InChI=1S/C8H11ClN2O2/c1-5-3-11(4-6(2)9)8(13)10-7(5)12/h5H,2-4H2,1H3,(H,10,12,13). The Labute approximate surface area is 81.5 Å². The number of amides is 3. The van der Waals surface area contributed by atoms with E-state index >= 15 is 0 Å². The van der Waals surface area contributed by atoms with Crippen molar-refractivity contribution in [1.82, 2.24) is 10.2 Å². The Hall–Kier alpha value is -1.03. The van der Waals surface area contributed by atoms with Crippen LogP contribution in [0, 0.1) is 5.92 Å². The predicted molar refractivity (Wildman–Crippen MR) is 49.3 cm³/mol. The van der Waals surface area contributed by atoms with E-state index in [1.165, 1.54) is 4.90 Å². The van der Waals surface area contributed by atoms with Crippen LogP contribution in [0.1, 0.15) is 6.92 Å². The number of hydrogen-bond donors (Lipinski definition) is 1. The van der Waals surface area contributed by atoms with Gasteiger partial charge in [-0.25, -0.2) is 4.79 Å². The number of nitrogens with zero attached hydrogens (tertiary/aromatic N) is 1. The number of imide groups is 1. The Morgan fingerprint density at radius 1 is 1.77 bits per heavy atom. The molecule has 4 nitrogen and oxygen atoms in total. The molecule has 0 bridgehead atoms. The lowest BCUT2D eigenvalue weighted by molar-refractivity contribution is -0.125. The number of halogens is 1. The molecule has 1 heterocycles. The molecule has 0 spiro atoms. The number of carbonyl (C=O) groups is 2. The first-order valence-corrected chi connectivity index (χ1v) is 4.31. The SMILES string of the molecule is C=C(Cl)CN1CC(C)C(=O)NC1=O. The van der Waals surface area contributed by atoms with Crippen LogP contribution in [-0.2, 0) is 4.79 Å². The highest BCUT2D eigenvalue weighted by atomic mass is 35.5. The molecule has 0 aromatic rings. The first-order chi connectivity index (χ1) is 6.00. The van der Waals surface area contributed by atoms with Gasteiger partial charge in [0.25, 0.3) is 0 Å². The fourth-order valence-corrected chi connectivity index (χ4v) is 1.29. The average Bonchev–Trinajstić information content (AvgIpc) is 1.99. The van der Waals surface area contributed by atoms with E-state index in [0.717, 1.165) is 0 Å². The fraction of sp³-hybridized carbons (Fsp3) is 0.500.